The molecule has 4 rings (SSSR count). The van der Waals surface area contributed by atoms with Gasteiger partial charge < -0.3 is 0 Å². The van der Waals surface area contributed by atoms with Crippen LogP contribution < -0.4 is 5.48 Å². The highest BCUT2D eigenvalue weighted by atomic mass is 35.5. The molecule has 0 aliphatic rings. The van der Waals surface area contributed by atoms with Crippen LogP contribution in [0, 0.1) is 0 Å². The second-order valence-corrected chi connectivity index (χ2v) is 7.33. The lowest BCUT2D eigenvalue weighted by Crippen LogP contribution is -2.23. The van der Waals surface area contributed by atoms with Gasteiger partial charge in [-0.1, -0.05) is 71.7 Å². The largest absolute Gasteiger partial charge is 0.278 e. The Hall–Kier alpha value is -3.12. The van der Waals surface area contributed by atoms with Gasteiger partial charge in [-0.05, 0) is 35.9 Å². The summed E-state index contributed by atoms with van der Waals surface area (Å²) >= 11 is 12.1. The number of rotatable bonds is 6. The molecular weight excluding hydrogens is 421 g/mol. The first kappa shape index (κ1) is 20.2. The predicted molar refractivity (Wildman–Crippen MR) is 118 cm³/mol. The van der Waals surface area contributed by atoms with E-state index in [1.165, 1.54) is 0 Å². The van der Waals surface area contributed by atoms with Gasteiger partial charge in [-0.2, -0.15) is 5.10 Å². The van der Waals surface area contributed by atoms with Crippen molar-refractivity contribution in [2.45, 2.75) is 6.61 Å². The summed E-state index contributed by atoms with van der Waals surface area (Å²) in [5.74, 6) is -0.408. The zero-order valence-electron chi connectivity index (χ0n) is 15.8. The van der Waals surface area contributed by atoms with Crippen LogP contribution in [0.25, 0.3) is 16.9 Å². The molecule has 0 saturated heterocycles. The third kappa shape index (κ3) is 4.54. The zero-order valence-corrected chi connectivity index (χ0v) is 17.3. The van der Waals surface area contributed by atoms with E-state index in [-0.39, 0.29) is 6.61 Å². The maximum atomic E-state index is 12.9. The summed E-state index contributed by atoms with van der Waals surface area (Å²) in [6.07, 6.45) is 1.67. The maximum absolute atomic E-state index is 12.9. The minimum atomic E-state index is -0.408. The van der Waals surface area contributed by atoms with Gasteiger partial charge in [0.1, 0.15) is 12.3 Å². The molecule has 1 aromatic heterocycles. The molecule has 30 heavy (non-hydrogen) atoms. The highest BCUT2D eigenvalue weighted by Crippen LogP contribution is 2.25. The number of nitrogens with zero attached hydrogens (tertiary/aromatic N) is 2. The molecule has 0 saturated carbocycles. The van der Waals surface area contributed by atoms with Crippen LogP contribution in [0.2, 0.25) is 10.0 Å². The standard InChI is InChI=1S/C23H17Cl2N3O2/c24-18-12-10-16(11-13-18)22-20(14-28(26-22)19-7-2-1-3-8-19)23(29)27-30-15-17-6-4-5-9-21(17)25/h1-14H,15H2,(H,27,29). The highest BCUT2D eigenvalue weighted by molar-refractivity contribution is 6.31. The van der Waals surface area contributed by atoms with E-state index in [0.717, 1.165) is 16.8 Å². The van der Waals surface area contributed by atoms with E-state index in [2.05, 4.69) is 10.6 Å². The van der Waals surface area contributed by atoms with E-state index in [4.69, 9.17) is 28.0 Å². The van der Waals surface area contributed by atoms with Gasteiger partial charge in [0.25, 0.3) is 5.91 Å². The molecule has 1 heterocycles. The summed E-state index contributed by atoms with van der Waals surface area (Å²) in [5, 5.41) is 5.80. The Morgan fingerprint density at radius 3 is 2.37 bits per heavy atom. The summed E-state index contributed by atoms with van der Waals surface area (Å²) in [4.78, 5) is 18.3. The van der Waals surface area contributed by atoms with Crippen molar-refractivity contribution in [3.63, 3.8) is 0 Å². The van der Waals surface area contributed by atoms with E-state index in [9.17, 15) is 4.79 Å². The number of carbonyl (C=O) groups excluding carboxylic acids is 1. The molecule has 150 valence electrons. The Bertz CT molecular complexity index is 1160. The van der Waals surface area contributed by atoms with E-state index < -0.39 is 5.91 Å². The molecule has 1 N–H and O–H groups in total. The molecule has 0 bridgehead atoms. The molecule has 0 fully saturated rings. The SMILES string of the molecule is O=C(NOCc1ccccc1Cl)c1cn(-c2ccccc2)nc1-c1ccc(Cl)cc1. The van der Waals surface area contributed by atoms with Crippen LogP contribution in [-0.2, 0) is 11.4 Å². The second kappa shape index (κ2) is 9.13. The molecule has 4 aromatic rings. The van der Waals surface area contributed by atoms with Crippen molar-refractivity contribution in [1.82, 2.24) is 15.3 Å². The first-order valence-corrected chi connectivity index (χ1v) is 9.94. The lowest BCUT2D eigenvalue weighted by atomic mass is 10.1. The van der Waals surface area contributed by atoms with Crippen molar-refractivity contribution in [2.24, 2.45) is 0 Å². The first-order valence-electron chi connectivity index (χ1n) is 9.18. The van der Waals surface area contributed by atoms with Gasteiger partial charge in [0.15, 0.2) is 0 Å². The average Bonchev–Trinajstić information content (AvgIpc) is 3.22. The summed E-state index contributed by atoms with van der Waals surface area (Å²) in [6.45, 7) is 0.147. The minimum Gasteiger partial charge on any atom is -0.269 e. The van der Waals surface area contributed by atoms with Gasteiger partial charge in [-0.3, -0.25) is 9.63 Å². The summed E-state index contributed by atoms with van der Waals surface area (Å²) < 4.78 is 1.66. The number of para-hydroxylation sites is 1. The van der Waals surface area contributed by atoms with Crippen LogP contribution in [0.3, 0.4) is 0 Å². The predicted octanol–water partition coefficient (Wildman–Crippen LogP) is 5.71. The van der Waals surface area contributed by atoms with Crippen LogP contribution in [-0.4, -0.2) is 15.7 Å². The van der Waals surface area contributed by atoms with E-state index >= 15 is 0 Å². The first-order chi connectivity index (χ1) is 14.6. The quantitative estimate of drug-likeness (QED) is 0.393. The van der Waals surface area contributed by atoms with Crippen molar-refractivity contribution < 1.29 is 9.63 Å². The van der Waals surface area contributed by atoms with E-state index in [1.54, 1.807) is 29.1 Å². The summed E-state index contributed by atoms with van der Waals surface area (Å²) in [6, 6.07) is 24.0. The molecule has 1 amide bonds. The fourth-order valence-corrected chi connectivity index (χ4v) is 3.24. The van der Waals surface area contributed by atoms with Crippen molar-refractivity contribution in [3.05, 3.63) is 106 Å². The molecule has 0 atom stereocenters. The molecule has 0 aliphatic carbocycles. The van der Waals surface area contributed by atoms with Crippen molar-refractivity contribution >= 4 is 29.1 Å². The lowest BCUT2D eigenvalue weighted by Gasteiger charge is -2.07. The molecule has 0 unspecified atom stereocenters. The molecule has 7 heteroatoms. The van der Waals surface area contributed by atoms with Crippen LogP contribution in [0.5, 0.6) is 0 Å². The summed E-state index contributed by atoms with van der Waals surface area (Å²) in [5.41, 5.74) is 5.76. The van der Waals surface area contributed by atoms with Crippen LogP contribution in [0.15, 0.2) is 85.1 Å². The number of carbonyl (C=O) groups is 1. The Balaban J connectivity index is 1.60. The smallest absolute Gasteiger partial charge is 0.269 e. The Morgan fingerprint density at radius 1 is 0.933 bits per heavy atom. The number of amides is 1. The molecular formula is C23H17Cl2N3O2. The Kier molecular flexibility index (Phi) is 6.14. The second-order valence-electron chi connectivity index (χ2n) is 6.49. The van der Waals surface area contributed by atoms with Gasteiger partial charge >= 0.3 is 0 Å². The Morgan fingerprint density at radius 2 is 1.63 bits per heavy atom. The third-order valence-corrected chi connectivity index (χ3v) is 5.07. The fourth-order valence-electron chi connectivity index (χ4n) is 2.92. The molecule has 5 nitrogen and oxygen atoms in total. The average molecular weight is 438 g/mol. The van der Waals surface area contributed by atoms with Crippen LogP contribution in [0.4, 0.5) is 0 Å². The van der Waals surface area contributed by atoms with Gasteiger partial charge in [-0.15, -0.1) is 0 Å². The molecule has 0 spiro atoms. The summed E-state index contributed by atoms with van der Waals surface area (Å²) in [7, 11) is 0. The molecule has 0 aliphatic heterocycles. The van der Waals surface area contributed by atoms with Crippen molar-refractivity contribution in [2.75, 3.05) is 0 Å². The van der Waals surface area contributed by atoms with Gasteiger partial charge in [0.05, 0.1) is 11.3 Å². The van der Waals surface area contributed by atoms with Gasteiger partial charge in [0.2, 0.25) is 0 Å². The Labute approximate surface area is 183 Å². The van der Waals surface area contributed by atoms with Crippen molar-refractivity contribution in [3.8, 4) is 16.9 Å². The van der Waals surface area contributed by atoms with Crippen LogP contribution in [0.1, 0.15) is 15.9 Å². The topological polar surface area (TPSA) is 56.1 Å². The fraction of sp³-hybridized carbons (Fsp3) is 0.0435. The van der Waals surface area contributed by atoms with Gasteiger partial charge in [0, 0.05) is 21.8 Å². The molecule has 3 aromatic carbocycles. The molecule has 0 radical (unpaired) electrons. The maximum Gasteiger partial charge on any atom is 0.278 e. The van der Waals surface area contributed by atoms with Crippen molar-refractivity contribution in [1.29, 1.82) is 0 Å². The number of hydrogen-bond donors (Lipinski definition) is 1. The van der Waals surface area contributed by atoms with E-state index in [0.29, 0.717) is 21.3 Å². The number of nitrogens with one attached hydrogen (secondary N) is 1. The zero-order chi connectivity index (χ0) is 20.9. The number of hydrogen-bond acceptors (Lipinski definition) is 3. The monoisotopic (exact) mass is 437 g/mol. The number of halogens is 2. The normalized spacial score (nSPS) is 10.7. The van der Waals surface area contributed by atoms with Crippen LogP contribution >= 0.6 is 23.2 Å². The number of benzene rings is 3. The highest BCUT2D eigenvalue weighted by Gasteiger charge is 2.19. The number of aromatic nitrogens is 2. The minimum absolute atomic E-state index is 0.147. The van der Waals surface area contributed by atoms with E-state index in [1.807, 2.05) is 60.7 Å². The van der Waals surface area contributed by atoms with Gasteiger partial charge in [-0.25, -0.2) is 10.2 Å². The third-order valence-electron chi connectivity index (χ3n) is 4.45. The lowest BCUT2D eigenvalue weighted by molar-refractivity contribution is 0.0234. The number of hydroxylamine groups is 1.